The molecule has 0 radical (unpaired) electrons. The molecule has 0 fully saturated rings. The summed E-state index contributed by atoms with van der Waals surface area (Å²) in [6, 6.07) is 6.76. The van der Waals surface area contributed by atoms with Crippen LogP contribution in [0.3, 0.4) is 0 Å². The van der Waals surface area contributed by atoms with Gasteiger partial charge in [-0.15, -0.1) is 0 Å². The maximum absolute atomic E-state index is 12.3. The van der Waals surface area contributed by atoms with Crippen molar-refractivity contribution in [2.45, 2.75) is 19.7 Å². The highest BCUT2D eigenvalue weighted by atomic mass is 19.3. The van der Waals surface area contributed by atoms with Gasteiger partial charge in [-0.05, 0) is 22.6 Å². The highest BCUT2D eigenvalue weighted by Gasteiger charge is 2.22. The predicted molar refractivity (Wildman–Crippen MR) is 82.7 cm³/mol. The molecule has 2 aromatic rings. The number of benzene rings is 1. The second-order valence-electron chi connectivity index (χ2n) is 5.48. The van der Waals surface area contributed by atoms with E-state index in [9.17, 15) is 18.9 Å². The second-order valence-corrected chi connectivity index (χ2v) is 5.48. The van der Waals surface area contributed by atoms with Crippen LogP contribution in [0.5, 0.6) is 11.8 Å². The van der Waals surface area contributed by atoms with Gasteiger partial charge in [0.15, 0.2) is 0 Å². The van der Waals surface area contributed by atoms with Crippen LogP contribution in [0.15, 0.2) is 30.5 Å². The average molecular weight is 354 g/mol. The van der Waals surface area contributed by atoms with Crippen LogP contribution < -0.4 is 9.47 Å². The first kappa shape index (κ1) is 17.1. The molecule has 0 aliphatic carbocycles. The summed E-state index contributed by atoms with van der Waals surface area (Å²) in [6.45, 7) is -0.341. The lowest BCUT2D eigenvalue weighted by atomic mass is 10.2. The van der Waals surface area contributed by atoms with Gasteiger partial charge in [-0.25, -0.2) is 0 Å². The smallest absolute Gasteiger partial charge is 0.414 e. The highest BCUT2D eigenvalue weighted by Crippen LogP contribution is 2.20. The van der Waals surface area contributed by atoms with Crippen molar-refractivity contribution in [2.24, 2.45) is 0 Å². The Bertz CT molecular complexity index is 753. The van der Waals surface area contributed by atoms with Gasteiger partial charge in [0.25, 0.3) is 0 Å². The predicted octanol–water partition coefficient (Wildman–Crippen LogP) is 2.29. The molecule has 0 amide bonds. The number of rotatable bonds is 5. The molecule has 3 rings (SSSR count). The summed E-state index contributed by atoms with van der Waals surface area (Å²) in [4.78, 5) is 16.1. The summed E-state index contributed by atoms with van der Waals surface area (Å²) in [6.07, 6.45) is 1.34. The number of halogens is 2. The Morgan fingerprint density at radius 3 is 2.96 bits per heavy atom. The van der Waals surface area contributed by atoms with E-state index in [4.69, 9.17) is 4.74 Å². The Kier molecular flexibility index (Phi) is 5.08. The molecular formula is C15H16F2N4O4. The van der Waals surface area contributed by atoms with Crippen LogP contribution in [0.25, 0.3) is 0 Å². The molecule has 1 aromatic carbocycles. The zero-order valence-electron chi connectivity index (χ0n) is 13.2. The third-order valence-electron chi connectivity index (χ3n) is 3.74. The number of aromatic nitrogens is 2. The van der Waals surface area contributed by atoms with Gasteiger partial charge in [0.1, 0.15) is 18.6 Å². The number of nitrogens with zero attached hydrogens (tertiary/aromatic N) is 4. The molecule has 8 nitrogen and oxygen atoms in total. The molecule has 134 valence electrons. The molecule has 0 N–H and O–H groups in total. The molecule has 1 aliphatic heterocycles. The molecule has 1 aromatic heterocycles. The van der Waals surface area contributed by atoms with E-state index in [1.807, 2.05) is 6.07 Å². The van der Waals surface area contributed by atoms with Crippen molar-refractivity contribution in [1.82, 2.24) is 14.5 Å². The first-order chi connectivity index (χ1) is 12.0. The van der Waals surface area contributed by atoms with Crippen molar-refractivity contribution in [1.29, 1.82) is 0 Å². The van der Waals surface area contributed by atoms with E-state index in [0.29, 0.717) is 32.8 Å². The van der Waals surface area contributed by atoms with Crippen LogP contribution in [-0.4, -0.2) is 45.7 Å². The molecule has 1 aliphatic rings. The van der Waals surface area contributed by atoms with E-state index in [-0.39, 0.29) is 17.6 Å². The molecule has 10 heteroatoms. The fourth-order valence-corrected chi connectivity index (χ4v) is 2.61. The fraction of sp³-hybridized carbons (Fsp3) is 0.400. The highest BCUT2D eigenvalue weighted by molar-refractivity contribution is 5.28. The van der Waals surface area contributed by atoms with Crippen LogP contribution in [0.2, 0.25) is 0 Å². The average Bonchev–Trinajstić information content (AvgIpc) is 2.92. The first-order valence-corrected chi connectivity index (χ1v) is 7.62. The van der Waals surface area contributed by atoms with Gasteiger partial charge < -0.3 is 19.6 Å². The number of nitro groups is 1. The number of alkyl halides is 2. The fourth-order valence-electron chi connectivity index (χ4n) is 2.61. The molecular weight excluding hydrogens is 338 g/mol. The monoisotopic (exact) mass is 354 g/mol. The van der Waals surface area contributed by atoms with E-state index in [1.54, 1.807) is 16.7 Å². The number of ether oxygens (including phenoxy) is 2. The third kappa shape index (κ3) is 4.41. The van der Waals surface area contributed by atoms with E-state index < -0.39 is 11.5 Å². The van der Waals surface area contributed by atoms with E-state index in [2.05, 4.69) is 14.6 Å². The molecule has 0 bridgehead atoms. The van der Waals surface area contributed by atoms with E-state index >= 15 is 0 Å². The Labute approximate surface area is 141 Å². The van der Waals surface area contributed by atoms with E-state index in [0.717, 1.165) is 5.56 Å². The SMILES string of the molecule is O=[N+]([O-])c1cn2c(n1)OCCN(Cc1cccc(OC(F)F)c1)CC2. The number of hydrogen-bond acceptors (Lipinski definition) is 6. The minimum atomic E-state index is -2.86. The number of imidazole rings is 1. The summed E-state index contributed by atoms with van der Waals surface area (Å²) in [5, 5.41) is 10.8. The van der Waals surface area contributed by atoms with Gasteiger partial charge in [0.2, 0.25) is 0 Å². The summed E-state index contributed by atoms with van der Waals surface area (Å²) in [5.41, 5.74) is 0.829. The molecule has 25 heavy (non-hydrogen) atoms. The van der Waals surface area contributed by atoms with Crippen LogP contribution >= 0.6 is 0 Å². The van der Waals surface area contributed by atoms with Crippen molar-refractivity contribution in [3.8, 4) is 11.8 Å². The van der Waals surface area contributed by atoms with Crippen molar-refractivity contribution >= 4 is 5.82 Å². The zero-order chi connectivity index (χ0) is 17.8. The summed E-state index contributed by atoms with van der Waals surface area (Å²) in [7, 11) is 0. The lowest BCUT2D eigenvalue weighted by Gasteiger charge is -2.24. The molecule has 0 unspecified atom stereocenters. The third-order valence-corrected chi connectivity index (χ3v) is 3.74. The van der Waals surface area contributed by atoms with Crippen molar-refractivity contribution in [3.63, 3.8) is 0 Å². The molecule has 0 saturated heterocycles. The molecule has 0 saturated carbocycles. The Balaban J connectivity index is 1.65. The van der Waals surface area contributed by atoms with Crippen molar-refractivity contribution in [2.75, 3.05) is 19.7 Å². The maximum atomic E-state index is 12.3. The van der Waals surface area contributed by atoms with Crippen LogP contribution in [0.4, 0.5) is 14.6 Å². The molecule has 2 heterocycles. The van der Waals surface area contributed by atoms with Gasteiger partial charge in [0.05, 0.1) is 0 Å². The summed E-state index contributed by atoms with van der Waals surface area (Å²) in [5.74, 6) is -0.136. The van der Waals surface area contributed by atoms with Gasteiger partial charge in [0, 0.05) is 31.2 Å². The second kappa shape index (κ2) is 7.43. The Morgan fingerprint density at radius 2 is 2.20 bits per heavy atom. The van der Waals surface area contributed by atoms with Gasteiger partial charge >= 0.3 is 18.4 Å². The number of hydrogen-bond donors (Lipinski definition) is 0. The zero-order valence-corrected chi connectivity index (χ0v) is 13.2. The van der Waals surface area contributed by atoms with Crippen LogP contribution in [0.1, 0.15) is 5.56 Å². The molecule has 0 atom stereocenters. The lowest BCUT2D eigenvalue weighted by molar-refractivity contribution is -0.389. The summed E-state index contributed by atoms with van der Waals surface area (Å²) < 4.78 is 36.1. The summed E-state index contributed by atoms with van der Waals surface area (Å²) >= 11 is 0. The standard InChI is InChI=1S/C15H16F2N4O4/c16-14(17)25-12-3-1-2-11(8-12)9-19-4-5-20-10-13(21(22)23)18-15(20)24-7-6-19/h1-3,8,10,14H,4-7,9H2. The van der Waals surface area contributed by atoms with Crippen molar-refractivity contribution < 1.29 is 23.2 Å². The van der Waals surface area contributed by atoms with Gasteiger partial charge in [-0.1, -0.05) is 12.1 Å². The topological polar surface area (TPSA) is 82.7 Å². The minimum absolute atomic E-state index is 0.114. The number of fused-ring (bicyclic) bond motifs is 1. The Hall–Kier alpha value is -2.75. The quantitative estimate of drug-likeness (QED) is 0.605. The van der Waals surface area contributed by atoms with Gasteiger partial charge in [-0.3, -0.25) is 9.47 Å². The largest absolute Gasteiger partial charge is 0.444 e. The minimum Gasteiger partial charge on any atom is -0.444 e. The lowest BCUT2D eigenvalue weighted by Crippen LogP contribution is -2.33. The van der Waals surface area contributed by atoms with E-state index in [1.165, 1.54) is 12.3 Å². The normalized spacial score (nSPS) is 15.2. The Morgan fingerprint density at radius 1 is 1.36 bits per heavy atom. The van der Waals surface area contributed by atoms with Crippen molar-refractivity contribution in [3.05, 3.63) is 46.1 Å². The maximum Gasteiger partial charge on any atom is 0.414 e. The van der Waals surface area contributed by atoms with Crippen LogP contribution in [0, 0.1) is 10.1 Å². The van der Waals surface area contributed by atoms with Gasteiger partial charge in [-0.2, -0.15) is 8.78 Å². The first-order valence-electron chi connectivity index (χ1n) is 7.62. The molecule has 0 spiro atoms. The van der Waals surface area contributed by atoms with Crippen LogP contribution in [-0.2, 0) is 13.1 Å².